The van der Waals surface area contributed by atoms with Gasteiger partial charge in [0.05, 0.1) is 0 Å². The lowest BCUT2D eigenvalue weighted by Gasteiger charge is -2.11. The van der Waals surface area contributed by atoms with Crippen LogP contribution in [0, 0.1) is 0 Å². The summed E-state index contributed by atoms with van der Waals surface area (Å²) in [5, 5.41) is 0. The Labute approximate surface area is 86.7 Å². The lowest BCUT2D eigenvalue weighted by atomic mass is 10.4. The van der Waals surface area contributed by atoms with Crippen molar-refractivity contribution in [2.45, 2.75) is 6.61 Å². The van der Waals surface area contributed by atoms with Crippen LogP contribution < -0.4 is 0 Å². The first-order valence-electron chi connectivity index (χ1n) is 4.03. The highest BCUT2D eigenvalue weighted by Gasteiger charge is 2.23. The van der Waals surface area contributed by atoms with Gasteiger partial charge in [-0.2, -0.15) is 0 Å². The molecule has 0 N–H and O–H groups in total. The van der Waals surface area contributed by atoms with Crippen molar-refractivity contribution >= 4 is 14.1 Å². The summed E-state index contributed by atoms with van der Waals surface area (Å²) in [6, 6.07) is 3.02. The fraction of sp³-hybridized carbons (Fsp3) is 0.375. The number of hydrogen-bond acceptors (Lipinski definition) is 6. The number of aldehydes is 1. The summed E-state index contributed by atoms with van der Waals surface area (Å²) in [6.07, 6.45) is 0.565. The minimum absolute atomic E-state index is 0.0905. The first kappa shape index (κ1) is 12.1. The second-order valence-electron chi connectivity index (χ2n) is 2.51. The molecule has 1 aromatic rings. The number of carbonyl (C=O) groups excluding carboxylic acids is 1. The van der Waals surface area contributed by atoms with Gasteiger partial charge < -0.3 is 4.42 Å². The van der Waals surface area contributed by atoms with Crippen LogP contribution in [0.4, 0.5) is 0 Å². The van der Waals surface area contributed by atoms with Crippen LogP contribution in [-0.2, 0) is 24.7 Å². The Balaban J connectivity index is 2.56. The van der Waals surface area contributed by atoms with Crippen LogP contribution in [0.1, 0.15) is 16.3 Å². The zero-order chi connectivity index (χ0) is 11.3. The molecule has 0 fully saturated rings. The fourth-order valence-corrected chi connectivity index (χ4v) is 1.50. The van der Waals surface area contributed by atoms with Crippen molar-refractivity contribution < 1.29 is 27.3 Å². The number of carbonyl (C=O) groups is 1. The van der Waals surface area contributed by atoms with Crippen LogP contribution in [0.25, 0.3) is 0 Å². The van der Waals surface area contributed by atoms with Crippen LogP contribution in [0.15, 0.2) is 16.5 Å². The molecule has 1 rings (SSSR count). The molecule has 0 aliphatic heterocycles. The van der Waals surface area contributed by atoms with Crippen molar-refractivity contribution in [1.29, 1.82) is 0 Å². The van der Waals surface area contributed by atoms with Crippen molar-refractivity contribution in [2.75, 3.05) is 14.2 Å². The molecule has 6 nitrogen and oxygen atoms in total. The third-order valence-corrected chi connectivity index (χ3v) is 2.95. The smallest absolute Gasteiger partial charge is 0.456 e. The highest BCUT2D eigenvalue weighted by molar-refractivity contribution is 7.48. The Kier molecular flexibility index (Phi) is 4.23. The van der Waals surface area contributed by atoms with Crippen molar-refractivity contribution in [2.24, 2.45) is 0 Å². The zero-order valence-corrected chi connectivity index (χ0v) is 9.23. The third-order valence-electron chi connectivity index (χ3n) is 1.61. The van der Waals surface area contributed by atoms with E-state index in [0.717, 1.165) is 0 Å². The van der Waals surface area contributed by atoms with E-state index in [-0.39, 0.29) is 12.4 Å². The summed E-state index contributed by atoms with van der Waals surface area (Å²) in [6.45, 7) is -0.0905. The van der Waals surface area contributed by atoms with E-state index in [1.807, 2.05) is 0 Å². The van der Waals surface area contributed by atoms with Crippen molar-refractivity contribution in [3.05, 3.63) is 23.7 Å². The molecule has 1 aromatic heterocycles. The molecule has 1 heterocycles. The van der Waals surface area contributed by atoms with Gasteiger partial charge in [-0.3, -0.25) is 18.4 Å². The zero-order valence-electron chi connectivity index (χ0n) is 8.34. The molecule has 0 saturated heterocycles. The maximum absolute atomic E-state index is 11.4. The van der Waals surface area contributed by atoms with E-state index < -0.39 is 7.82 Å². The summed E-state index contributed by atoms with van der Waals surface area (Å²) >= 11 is 0. The molecule has 0 radical (unpaired) electrons. The van der Waals surface area contributed by atoms with Crippen LogP contribution in [0.5, 0.6) is 0 Å². The van der Waals surface area contributed by atoms with Gasteiger partial charge in [0.25, 0.3) is 0 Å². The summed E-state index contributed by atoms with van der Waals surface area (Å²) in [7, 11) is -1.07. The number of phosphoric acid groups is 1. The van der Waals surface area contributed by atoms with E-state index >= 15 is 0 Å². The third kappa shape index (κ3) is 3.28. The van der Waals surface area contributed by atoms with Crippen LogP contribution in [-0.4, -0.2) is 20.5 Å². The second-order valence-corrected chi connectivity index (χ2v) is 4.39. The molecule has 0 aliphatic carbocycles. The summed E-state index contributed by atoms with van der Waals surface area (Å²) < 4.78 is 30.4. The Bertz CT molecular complexity index is 363. The maximum Gasteiger partial charge on any atom is 0.474 e. The van der Waals surface area contributed by atoms with E-state index in [0.29, 0.717) is 12.0 Å². The summed E-state index contributed by atoms with van der Waals surface area (Å²) in [5.41, 5.74) is 0. The Morgan fingerprint density at radius 3 is 2.53 bits per heavy atom. The predicted octanol–water partition coefficient (Wildman–Crippen LogP) is 2.01. The lowest BCUT2D eigenvalue weighted by molar-refractivity contribution is 0.109. The molecule has 0 amide bonds. The van der Waals surface area contributed by atoms with Gasteiger partial charge in [-0.25, -0.2) is 4.57 Å². The van der Waals surface area contributed by atoms with Crippen LogP contribution >= 0.6 is 7.82 Å². The molecule has 7 heteroatoms. The summed E-state index contributed by atoms with van der Waals surface area (Å²) in [4.78, 5) is 10.3. The van der Waals surface area contributed by atoms with Gasteiger partial charge in [-0.15, -0.1) is 0 Å². The van der Waals surface area contributed by atoms with Crippen molar-refractivity contribution in [1.82, 2.24) is 0 Å². The topological polar surface area (TPSA) is 75.0 Å². The van der Waals surface area contributed by atoms with Gasteiger partial charge >= 0.3 is 7.82 Å². The molecule has 84 valence electrons. The van der Waals surface area contributed by atoms with E-state index in [1.54, 1.807) is 6.07 Å². The minimum Gasteiger partial charge on any atom is -0.456 e. The quantitative estimate of drug-likeness (QED) is 0.553. The van der Waals surface area contributed by atoms with Gasteiger partial charge in [0.1, 0.15) is 12.4 Å². The molecule has 0 saturated carbocycles. The Morgan fingerprint density at radius 1 is 1.40 bits per heavy atom. The molecule has 0 aliphatic rings. The maximum atomic E-state index is 11.4. The van der Waals surface area contributed by atoms with Crippen molar-refractivity contribution in [3.63, 3.8) is 0 Å². The highest BCUT2D eigenvalue weighted by atomic mass is 31.2. The monoisotopic (exact) mass is 234 g/mol. The van der Waals surface area contributed by atoms with Crippen molar-refractivity contribution in [3.8, 4) is 0 Å². The number of hydrogen-bond donors (Lipinski definition) is 0. The van der Waals surface area contributed by atoms with E-state index in [9.17, 15) is 9.36 Å². The lowest BCUT2D eigenvalue weighted by Crippen LogP contribution is -1.94. The van der Waals surface area contributed by atoms with Gasteiger partial charge in [-0.1, -0.05) is 0 Å². The Morgan fingerprint density at radius 2 is 2.07 bits per heavy atom. The average Bonchev–Trinajstić information content (AvgIpc) is 2.74. The second kappa shape index (κ2) is 5.23. The normalized spacial score (nSPS) is 11.6. The number of rotatable bonds is 6. The van der Waals surface area contributed by atoms with Gasteiger partial charge in [-0.05, 0) is 12.1 Å². The largest absolute Gasteiger partial charge is 0.474 e. The van der Waals surface area contributed by atoms with Crippen LogP contribution in [0.3, 0.4) is 0 Å². The van der Waals surface area contributed by atoms with Gasteiger partial charge in [0, 0.05) is 14.2 Å². The molecular formula is C8H11O6P. The Hall–Kier alpha value is -0.940. The van der Waals surface area contributed by atoms with Gasteiger partial charge in [0.2, 0.25) is 0 Å². The summed E-state index contributed by atoms with van der Waals surface area (Å²) in [5.74, 6) is 0.546. The number of phosphoric ester groups is 1. The number of furan rings is 1. The molecule has 15 heavy (non-hydrogen) atoms. The standard InChI is InChI=1S/C8H11O6P/c1-11-15(10,12-2)13-6-8-4-3-7(5-9)14-8/h3-5H,6H2,1-2H3. The van der Waals surface area contributed by atoms with E-state index in [1.165, 1.54) is 20.3 Å². The molecule has 0 bridgehead atoms. The predicted molar refractivity (Wildman–Crippen MR) is 50.5 cm³/mol. The molecule has 0 spiro atoms. The van der Waals surface area contributed by atoms with Gasteiger partial charge in [0.15, 0.2) is 12.0 Å². The molecule has 0 unspecified atom stereocenters. The SMILES string of the molecule is COP(=O)(OC)OCc1ccc(C=O)o1. The molecule has 0 atom stereocenters. The van der Waals surface area contributed by atoms with Crippen LogP contribution in [0.2, 0.25) is 0 Å². The minimum atomic E-state index is -3.49. The molecular weight excluding hydrogens is 223 g/mol. The first-order chi connectivity index (χ1) is 7.13. The van der Waals surface area contributed by atoms with E-state index in [4.69, 9.17) is 8.94 Å². The first-order valence-corrected chi connectivity index (χ1v) is 5.49. The molecule has 0 aromatic carbocycles. The average molecular weight is 234 g/mol. The fourth-order valence-electron chi connectivity index (χ4n) is 0.858. The van der Waals surface area contributed by atoms with E-state index in [2.05, 4.69) is 9.05 Å². The highest BCUT2D eigenvalue weighted by Crippen LogP contribution is 2.48.